The van der Waals surface area contributed by atoms with Gasteiger partial charge in [0.05, 0.1) is 17.1 Å². The van der Waals surface area contributed by atoms with Gasteiger partial charge in [-0.05, 0) is 61.5 Å². The van der Waals surface area contributed by atoms with Gasteiger partial charge < -0.3 is 4.42 Å². The van der Waals surface area contributed by atoms with Crippen LogP contribution in [0.5, 0.6) is 0 Å². The van der Waals surface area contributed by atoms with Gasteiger partial charge in [0.15, 0.2) is 0 Å². The lowest BCUT2D eigenvalue weighted by Crippen LogP contribution is -2.20. The van der Waals surface area contributed by atoms with Gasteiger partial charge in [0, 0.05) is 10.0 Å². The predicted molar refractivity (Wildman–Crippen MR) is 106 cm³/mol. The number of rotatable bonds is 3. The first-order valence-corrected chi connectivity index (χ1v) is 8.89. The molecule has 0 unspecified atom stereocenters. The van der Waals surface area contributed by atoms with Crippen molar-refractivity contribution in [1.82, 2.24) is 9.66 Å². The van der Waals surface area contributed by atoms with Gasteiger partial charge in [-0.15, -0.1) is 0 Å². The quantitative estimate of drug-likeness (QED) is 0.445. The van der Waals surface area contributed by atoms with E-state index >= 15 is 0 Å². The number of hydrogen-bond donors (Lipinski definition) is 0. The van der Waals surface area contributed by atoms with Crippen molar-refractivity contribution in [3.8, 4) is 11.3 Å². The molecule has 27 heavy (non-hydrogen) atoms. The third-order valence-electron chi connectivity index (χ3n) is 4.03. The summed E-state index contributed by atoms with van der Waals surface area (Å²) in [5.41, 5.74) is 1.10. The Morgan fingerprint density at radius 3 is 2.70 bits per heavy atom. The maximum Gasteiger partial charge on any atom is 0.282 e. The van der Waals surface area contributed by atoms with Crippen LogP contribution in [0.4, 0.5) is 4.39 Å². The molecular weight excluding hydrogens is 413 g/mol. The molecule has 0 spiro atoms. The molecule has 0 aliphatic rings. The lowest BCUT2D eigenvalue weighted by molar-refractivity contribution is 0.573. The van der Waals surface area contributed by atoms with E-state index in [1.165, 1.54) is 23.0 Å². The number of aromatic nitrogens is 2. The summed E-state index contributed by atoms with van der Waals surface area (Å²) in [5.74, 6) is 1.21. The summed E-state index contributed by atoms with van der Waals surface area (Å²) < 4.78 is 20.8. The Morgan fingerprint density at radius 1 is 1.15 bits per heavy atom. The number of benzene rings is 2. The van der Waals surface area contributed by atoms with E-state index in [9.17, 15) is 9.18 Å². The smallest absolute Gasteiger partial charge is 0.282 e. The molecule has 4 rings (SSSR count). The van der Waals surface area contributed by atoms with Gasteiger partial charge in [-0.2, -0.15) is 9.78 Å². The Kier molecular flexibility index (Phi) is 4.45. The van der Waals surface area contributed by atoms with E-state index in [0.29, 0.717) is 28.2 Å². The molecule has 7 heteroatoms. The van der Waals surface area contributed by atoms with Crippen molar-refractivity contribution in [3.05, 3.63) is 86.8 Å². The van der Waals surface area contributed by atoms with E-state index in [1.807, 2.05) is 6.07 Å². The molecule has 0 bridgehead atoms. The zero-order chi connectivity index (χ0) is 19.0. The number of fused-ring (bicyclic) bond motifs is 1. The van der Waals surface area contributed by atoms with Crippen LogP contribution in [-0.4, -0.2) is 15.9 Å². The fourth-order valence-electron chi connectivity index (χ4n) is 2.70. The van der Waals surface area contributed by atoms with Crippen molar-refractivity contribution in [3.63, 3.8) is 0 Å². The standard InChI is InChI=1S/C20H13BrFN3O2/c1-12-24-18-8-4-14(21)10-17(18)20(26)25(12)23-11-16-7-9-19(27-16)13-2-5-15(22)6-3-13/h2-11H,1H3. The number of furan rings is 1. The van der Waals surface area contributed by atoms with E-state index in [2.05, 4.69) is 26.0 Å². The molecule has 2 aromatic heterocycles. The first kappa shape index (κ1) is 17.4. The molecule has 0 aliphatic carbocycles. The van der Waals surface area contributed by atoms with E-state index in [0.717, 1.165) is 10.0 Å². The second-order valence-corrected chi connectivity index (χ2v) is 6.81. The zero-order valence-corrected chi connectivity index (χ0v) is 15.8. The second-order valence-electron chi connectivity index (χ2n) is 5.89. The van der Waals surface area contributed by atoms with Crippen LogP contribution in [0.3, 0.4) is 0 Å². The zero-order valence-electron chi connectivity index (χ0n) is 14.2. The normalized spacial score (nSPS) is 11.5. The minimum absolute atomic E-state index is 0.264. The van der Waals surface area contributed by atoms with Gasteiger partial charge in [-0.3, -0.25) is 4.79 Å². The van der Waals surface area contributed by atoms with Crippen LogP contribution < -0.4 is 5.56 Å². The highest BCUT2D eigenvalue weighted by molar-refractivity contribution is 9.10. The van der Waals surface area contributed by atoms with E-state index in [-0.39, 0.29) is 11.4 Å². The molecule has 0 amide bonds. The Balaban J connectivity index is 1.69. The molecular formula is C20H13BrFN3O2. The van der Waals surface area contributed by atoms with E-state index in [1.54, 1.807) is 43.3 Å². The fourth-order valence-corrected chi connectivity index (χ4v) is 3.06. The van der Waals surface area contributed by atoms with Crippen LogP contribution in [0.15, 0.2) is 73.4 Å². The van der Waals surface area contributed by atoms with Crippen molar-refractivity contribution in [2.75, 3.05) is 0 Å². The number of hydrogen-bond acceptors (Lipinski definition) is 4. The summed E-state index contributed by atoms with van der Waals surface area (Å²) in [6, 6.07) is 14.8. The molecule has 0 atom stereocenters. The molecule has 0 radical (unpaired) electrons. The van der Waals surface area contributed by atoms with Crippen molar-refractivity contribution >= 4 is 33.0 Å². The Hall–Kier alpha value is -3.06. The van der Waals surface area contributed by atoms with Gasteiger partial charge >= 0.3 is 0 Å². The average molecular weight is 426 g/mol. The average Bonchev–Trinajstić information content (AvgIpc) is 3.12. The van der Waals surface area contributed by atoms with Crippen LogP contribution in [0.2, 0.25) is 0 Å². The maximum atomic E-state index is 13.0. The molecule has 0 saturated heterocycles. The third-order valence-corrected chi connectivity index (χ3v) is 4.52. The lowest BCUT2D eigenvalue weighted by Gasteiger charge is -2.05. The number of halogens is 2. The van der Waals surface area contributed by atoms with Gasteiger partial charge in [0.1, 0.15) is 23.2 Å². The lowest BCUT2D eigenvalue weighted by atomic mass is 10.2. The van der Waals surface area contributed by atoms with E-state index < -0.39 is 0 Å². The SMILES string of the molecule is Cc1nc2ccc(Br)cc2c(=O)n1N=Cc1ccc(-c2ccc(F)cc2)o1. The fraction of sp³-hybridized carbons (Fsp3) is 0.0500. The minimum Gasteiger partial charge on any atom is -0.455 e. The Bertz CT molecular complexity index is 1230. The van der Waals surface area contributed by atoms with Crippen molar-refractivity contribution in [2.45, 2.75) is 6.92 Å². The monoisotopic (exact) mass is 425 g/mol. The van der Waals surface area contributed by atoms with Crippen LogP contribution in [0.25, 0.3) is 22.2 Å². The van der Waals surface area contributed by atoms with Gasteiger partial charge in [0.25, 0.3) is 5.56 Å². The predicted octanol–water partition coefficient (Wildman–Crippen LogP) is 4.75. The number of nitrogens with zero attached hydrogens (tertiary/aromatic N) is 3. The topological polar surface area (TPSA) is 60.4 Å². The van der Waals surface area contributed by atoms with Crippen LogP contribution >= 0.6 is 15.9 Å². The molecule has 2 heterocycles. The molecule has 0 N–H and O–H groups in total. The van der Waals surface area contributed by atoms with Crippen molar-refractivity contribution < 1.29 is 8.81 Å². The van der Waals surface area contributed by atoms with Crippen LogP contribution in [0.1, 0.15) is 11.6 Å². The summed E-state index contributed by atoms with van der Waals surface area (Å²) in [7, 11) is 0. The molecule has 2 aromatic carbocycles. The van der Waals surface area contributed by atoms with E-state index in [4.69, 9.17) is 4.42 Å². The summed E-state index contributed by atoms with van der Waals surface area (Å²) in [6.45, 7) is 1.71. The summed E-state index contributed by atoms with van der Waals surface area (Å²) in [5, 5.41) is 4.69. The van der Waals surface area contributed by atoms with Crippen LogP contribution in [0, 0.1) is 12.7 Å². The third kappa shape index (κ3) is 3.46. The van der Waals surface area contributed by atoms with Crippen LogP contribution in [-0.2, 0) is 0 Å². The highest BCUT2D eigenvalue weighted by atomic mass is 79.9. The summed E-state index contributed by atoms with van der Waals surface area (Å²) in [6.07, 6.45) is 1.45. The molecule has 4 aromatic rings. The summed E-state index contributed by atoms with van der Waals surface area (Å²) in [4.78, 5) is 17.1. The summed E-state index contributed by atoms with van der Waals surface area (Å²) >= 11 is 3.36. The largest absolute Gasteiger partial charge is 0.455 e. The van der Waals surface area contributed by atoms with Gasteiger partial charge in [0.2, 0.25) is 0 Å². The molecule has 0 aliphatic heterocycles. The highest BCUT2D eigenvalue weighted by Crippen LogP contribution is 2.22. The van der Waals surface area contributed by atoms with Gasteiger partial charge in [-0.1, -0.05) is 15.9 Å². The first-order valence-electron chi connectivity index (χ1n) is 8.10. The molecule has 134 valence electrons. The Morgan fingerprint density at radius 2 is 1.93 bits per heavy atom. The molecule has 5 nitrogen and oxygen atoms in total. The first-order chi connectivity index (χ1) is 13.0. The molecule has 0 fully saturated rings. The van der Waals surface area contributed by atoms with Gasteiger partial charge in [-0.25, -0.2) is 9.37 Å². The van der Waals surface area contributed by atoms with Crippen molar-refractivity contribution in [2.24, 2.45) is 5.10 Å². The second kappa shape index (κ2) is 6.92. The van der Waals surface area contributed by atoms with Crippen molar-refractivity contribution in [1.29, 1.82) is 0 Å². The minimum atomic E-state index is -0.308. The highest BCUT2D eigenvalue weighted by Gasteiger charge is 2.08. The number of aryl methyl sites for hydroxylation is 1. The maximum absolute atomic E-state index is 13.0. The Labute approximate surface area is 161 Å². The molecule has 0 saturated carbocycles.